The Kier molecular flexibility index (Phi) is 4.91. The summed E-state index contributed by atoms with van der Waals surface area (Å²) in [4.78, 5) is 15.3. The van der Waals surface area contributed by atoms with Gasteiger partial charge in [-0.3, -0.25) is 9.11 Å². The van der Waals surface area contributed by atoms with Gasteiger partial charge in [0.2, 0.25) is 0 Å². The molecule has 0 amide bonds. The molecule has 0 bridgehead atoms. The summed E-state index contributed by atoms with van der Waals surface area (Å²) in [5, 5.41) is 2.11. The second kappa shape index (κ2) is 8.07. The highest BCUT2D eigenvalue weighted by molar-refractivity contribution is 7.86. The lowest BCUT2D eigenvalue weighted by Gasteiger charge is -2.19. The lowest BCUT2D eigenvalue weighted by molar-refractivity contribution is 0.481. The maximum atomic E-state index is 11.6. The molecule has 39 heavy (non-hydrogen) atoms. The van der Waals surface area contributed by atoms with E-state index in [1.165, 1.54) is 24.3 Å². The van der Waals surface area contributed by atoms with Gasteiger partial charge < -0.3 is 9.97 Å². The SMILES string of the molecule is O=S(=O)(O)c1ccc2[nH]c(C3=Cc4c(-c5nc6cc(S(=O)(=O)O)ccc6[nH]5)ccc5cccc(c45)C3)nc2c1. The van der Waals surface area contributed by atoms with E-state index < -0.39 is 20.2 Å². The van der Waals surface area contributed by atoms with E-state index in [-0.39, 0.29) is 9.79 Å². The molecule has 1 aliphatic rings. The van der Waals surface area contributed by atoms with Gasteiger partial charge in [0.1, 0.15) is 11.6 Å². The monoisotopic (exact) mass is 558 g/mol. The molecule has 0 aliphatic heterocycles. The van der Waals surface area contributed by atoms with E-state index in [0.29, 0.717) is 40.1 Å². The van der Waals surface area contributed by atoms with Crippen molar-refractivity contribution in [1.29, 1.82) is 0 Å². The molecule has 6 aromatic rings. The van der Waals surface area contributed by atoms with Crippen LogP contribution in [0.3, 0.4) is 0 Å². The Balaban J connectivity index is 1.41. The second-order valence-corrected chi connectivity index (χ2v) is 12.2. The molecule has 0 atom stereocenters. The van der Waals surface area contributed by atoms with Crippen LogP contribution in [0.15, 0.2) is 76.5 Å². The summed E-state index contributed by atoms with van der Waals surface area (Å²) < 4.78 is 65.2. The van der Waals surface area contributed by atoms with Gasteiger partial charge in [-0.15, -0.1) is 0 Å². The van der Waals surface area contributed by atoms with Crippen LogP contribution in [0.5, 0.6) is 0 Å². The molecule has 2 aromatic heterocycles. The maximum Gasteiger partial charge on any atom is 0.294 e. The molecule has 7 rings (SSSR count). The van der Waals surface area contributed by atoms with Gasteiger partial charge in [0.05, 0.1) is 31.9 Å². The molecule has 4 aromatic carbocycles. The van der Waals surface area contributed by atoms with E-state index in [1.807, 2.05) is 36.4 Å². The summed E-state index contributed by atoms with van der Waals surface area (Å²) in [6.07, 6.45) is 2.60. The third-order valence-electron chi connectivity index (χ3n) is 6.94. The van der Waals surface area contributed by atoms with Crippen molar-refractivity contribution in [2.24, 2.45) is 0 Å². The first kappa shape index (κ1) is 23.7. The molecule has 0 spiro atoms. The van der Waals surface area contributed by atoms with Crippen LogP contribution in [0.25, 0.3) is 55.9 Å². The Labute approximate surface area is 221 Å². The van der Waals surface area contributed by atoms with Crippen molar-refractivity contribution < 1.29 is 25.9 Å². The van der Waals surface area contributed by atoms with Crippen LogP contribution < -0.4 is 0 Å². The molecular formula is C27H18N4O6S2. The third-order valence-corrected chi connectivity index (χ3v) is 8.63. The van der Waals surface area contributed by atoms with E-state index in [4.69, 9.17) is 0 Å². The number of aromatic nitrogens is 4. The Morgan fingerprint density at radius 3 is 1.97 bits per heavy atom. The number of aromatic amines is 2. The Morgan fingerprint density at radius 2 is 1.33 bits per heavy atom. The highest BCUT2D eigenvalue weighted by Gasteiger charge is 2.22. The maximum absolute atomic E-state index is 11.6. The summed E-state index contributed by atoms with van der Waals surface area (Å²) in [5.74, 6) is 1.10. The van der Waals surface area contributed by atoms with Gasteiger partial charge >= 0.3 is 0 Å². The fourth-order valence-electron chi connectivity index (χ4n) is 5.14. The number of rotatable bonds is 4. The third kappa shape index (κ3) is 3.92. The number of allylic oxidation sites excluding steroid dienone is 1. The van der Waals surface area contributed by atoms with Crippen molar-refractivity contribution in [2.45, 2.75) is 16.2 Å². The topological polar surface area (TPSA) is 166 Å². The van der Waals surface area contributed by atoms with Crippen molar-refractivity contribution in [3.8, 4) is 11.4 Å². The van der Waals surface area contributed by atoms with Gasteiger partial charge in [-0.1, -0.05) is 30.3 Å². The van der Waals surface area contributed by atoms with Crippen LogP contribution in [0, 0.1) is 0 Å². The van der Waals surface area contributed by atoms with Crippen molar-refractivity contribution >= 4 is 64.7 Å². The van der Waals surface area contributed by atoms with Crippen molar-refractivity contribution in [1.82, 2.24) is 19.9 Å². The quantitative estimate of drug-likeness (QED) is 0.223. The predicted octanol–water partition coefficient (Wildman–Crippen LogP) is 4.85. The van der Waals surface area contributed by atoms with E-state index in [1.54, 1.807) is 12.1 Å². The van der Waals surface area contributed by atoms with Gasteiger partial charge in [0, 0.05) is 12.0 Å². The molecule has 0 fully saturated rings. The van der Waals surface area contributed by atoms with Crippen molar-refractivity contribution in [3.63, 3.8) is 0 Å². The van der Waals surface area contributed by atoms with Crippen LogP contribution in [0.2, 0.25) is 0 Å². The largest absolute Gasteiger partial charge is 0.338 e. The molecule has 2 heterocycles. The average Bonchev–Trinajstić information content (AvgIpc) is 3.51. The zero-order valence-electron chi connectivity index (χ0n) is 19.9. The van der Waals surface area contributed by atoms with Gasteiger partial charge in [0.25, 0.3) is 20.2 Å². The molecule has 194 valence electrons. The number of imidazole rings is 2. The van der Waals surface area contributed by atoms with Gasteiger partial charge in [-0.25, -0.2) is 9.97 Å². The number of hydrogen-bond donors (Lipinski definition) is 4. The fraction of sp³-hybridized carbons (Fsp3) is 0.0370. The summed E-state index contributed by atoms with van der Waals surface area (Å²) in [6.45, 7) is 0. The molecule has 4 N–H and O–H groups in total. The lowest BCUT2D eigenvalue weighted by Crippen LogP contribution is -2.02. The average molecular weight is 559 g/mol. The fourth-order valence-corrected chi connectivity index (χ4v) is 6.14. The first-order valence-electron chi connectivity index (χ1n) is 11.7. The molecule has 0 saturated carbocycles. The van der Waals surface area contributed by atoms with Crippen LogP contribution in [-0.4, -0.2) is 45.9 Å². The zero-order chi connectivity index (χ0) is 27.1. The van der Waals surface area contributed by atoms with Crippen molar-refractivity contribution in [2.75, 3.05) is 0 Å². The molecule has 0 saturated heterocycles. The summed E-state index contributed by atoms with van der Waals surface area (Å²) >= 11 is 0. The first-order valence-corrected chi connectivity index (χ1v) is 14.6. The lowest BCUT2D eigenvalue weighted by atomic mass is 9.86. The molecule has 10 nitrogen and oxygen atoms in total. The minimum atomic E-state index is -4.37. The van der Waals surface area contributed by atoms with Gasteiger partial charge in [-0.2, -0.15) is 16.8 Å². The van der Waals surface area contributed by atoms with E-state index in [9.17, 15) is 25.9 Å². The van der Waals surface area contributed by atoms with Crippen LogP contribution in [0.1, 0.15) is 17.0 Å². The van der Waals surface area contributed by atoms with E-state index in [0.717, 1.165) is 33.0 Å². The second-order valence-electron chi connectivity index (χ2n) is 9.37. The zero-order valence-corrected chi connectivity index (χ0v) is 21.5. The van der Waals surface area contributed by atoms with Crippen LogP contribution in [0.4, 0.5) is 0 Å². The number of fused-ring (bicyclic) bond motifs is 2. The number of hydrogen-bond acceptors (Lipinski definition) is 6. The highest BCUT2D eigenvalue weighted by Crippen LogP contribution is 2.40. The van der Waals surface area contributed by atoms with Crippen LogP contribution >= 0.6 is 0 Å². The minimum Gasteiger partial charge on any atom is -0.338 e. The van der Waals surface area contributed by atoms with E-state index >= 15 is 0 Å². The summed E-state index contributed by atoms with van der Waals surface area (Å²) in [5.41, 5.74) is 5.69. The molecule has 1 aliphatic carbocycles. The van der Waals surface area contributed by atoms with Crippen molar-refractivity contribution in [3.05, 3.63) is 83.7 Å². The van der Waals surface area contributed by atoms with Gasteiger partial charge in [-0.05, 0) is 69.9 Å². The van der Waals surface area contributed by atoms with Gasteiger partial charge in [0.15, 0.2) is 0 Å². The molecule has 12 heteroatoms. The molecular weight excluding hydrogens is 540 g/mol. The number of H-pyrrole nitrogens is 2. The van der Waals surface area contributed by atoms with E-state index in [2.05, 4.69) is 19.9 Å². The highest BCUT2D eigenvalue weighted by atomic mass is 32.2. The first-order chi connectivity index (χ1) is 18.5. The smallest absolute Gasteiger partial charge is 0.294 e. The summed E-state index contributed by atoms with van der Waals surface area (Å²) in [6, 6.07) is 18.4. The minimum absolute atomic E-state index is 0.231. The predicted molar refractivity (Wildman–Crippen MR) is 146 cm³/mol. The Bertz CT molecular complexity index is 2260. The number of benzene rings is 4. The molecule has 0 radical (unpaired) electrons. The summed E-state index contributed by atoms with van der Waals surface area (Å²) in [7, 11) is -8.73. The molecule has 0 unspecified atom stereocenters. The number of nitrogens with zero attached hydrogens (tertiary/aromatic N) is 2. The standard InChI is InChI=1S/C27H18N4O6S2/c32-38(33,34)17-5-8-21-23(12-17)30-26(28-21)16-10-15-3-1-2-14-4-7-19(20(11-16)25(14)15)27-29-22-9-6-18(39(35,36)37)13-24(22)31-27/h1-9,11-13H,10H2,(H,28,30)(H,29,31)(H,32,33,34)(H,35,36,37). The normalized spacial score (nSPS) is 13.8. The Hall–Kier alpha value is -4.36. The van der Waals surface area contributed by atoms with Crippen LogP contribution in [-0.2, 0) is 26.7 Å². The number of nitrogens with one attached hydrogen (secondary N) is 2. The Morgan fingerprint density at radius 1 is 0.718 bits per heavy atom.